The smallest absolute Gasteiger partial charge is 0.354 e. The number of carbonyl (C=O) groups is 3. The van der Waals surface area contributed by atoms with Crippen LogP contribution in [-0.4, -0.2) is 39.3 Å². The van der Waals surface area contributed by atoms with Gasteiger partial charge in [0.05, 0.1) is 0 Å². The zero-order chi connectivity index (χ0) is 18.5. The molecule has 0 unspecified atom stereocenters. The van der Waals surface area contributed by atoms with Gasteiger partial charge in [0.25, 0.3) is 5.91 Å². The number of carboxylic acid groups (broad SMARTS) is 1. The number of benzene rings is 1. The standard InChI is InChI=1S/C19H19N3O4/c23-17-6-1-2-9-22(17)12-13-4-3-5-15(10-13)21-18(24)14-7-8-20-16(11-14)19(25)26/h3-5,7-8,10-11H,1-2,6,9,12H2,(H,21,24)(H,25,26). The Balaban J connectivity index is 1.70. The molecule has 0 aliphatic carbocycles. The third-order valence-corrected chi connectivity index (χ3v) is 4.22. The van der Waals surface area contributed by atoms with E-state index in [0.29, 0.717) is 18.7 Å². The summed E-state index contributed by atoms with van der Waals surface area (Å²) in [6.07, 6.45) is 3.83. The van der Waals surface area contributed by atoms with Gasteiger partial charge in [0.1, 0.15) is 5.69 Å². The largest absolute Gasteiger partial charge is 0.477 e. The Morgan fingerprint density at radius 3 is 2.81 bits per heavy atom. The maximum absolute atomic E-state index is 12.3. The molecule has 134 valence electrons. The van der Waals surface area contributed by atoms with E-state index >= 15 is 0 Å². The van der Waals surface area contributed by atoms with Crippen LogP contribution in [0.5, 0.6) is 0 Å². The molecule has 1 fully saturated rings. The molecule has 0 radical (unpaired) electrons. The lowest BCUT2D eigenvalue weighted by atomic mass is 10.1. The number of carbonyl (C=O) groups excluding carboxylic acids is 2. The molecule has 1 saturated heterocycles. The molecule has 1 aliphatic heterocycles. The van der Waals surface area contributed by atoms with Gasteiger partial charge in [-0.1, -0.05) is 12.1 Å². The van der Waals surface area contributed by atoms with Crippen LogP contribution >= 0.6 is 0 Å². The summed E-state index contributed by atoms with van der Waals surface area (Å²) >= 11 is 0. The summed E-state index contributed by atoms with van der Waals surface area (Å²) in [5.41, 5.74) is 1.55. The van der Waals surface area contributed by atoms with Crippen molar-refractivity contribution in [2.24, 2.45) is 0 Å². The predicted octanol–water partition coefficient (Wildman–Crippen LogP) is 2.54. The van der Waals surface area contributed by atoms with Gasteiger partial charge in [0, 0.05) is 37.0 Å². The number of piperidine rings is 1. The number of carboxylic acids is 1. The van der Waals surface area contributed by atoms with Crippen molar-refractivity contribution in [1.82, 2.24) is 9.88 Å². The monoisotopic (exact) mass is 353 g/mol. The second-order valence-electron chi connectivity index (χ2n) is 6.16. The van der Waals surface area contributed by atoms with E-state index in [4.69, 9.17) is 5.11 Å². The molecule has 2 amide bonds. The first-order chi connectivity index (χ1) is 12.5. The van der Waals surface area contributed by atoms with E-state index in [1.807, 2.05) is 23.1 Å². The van der Waals surface area contributed by atoms with Gasteiger partial charge in [-0.2, -0.15) is 0 Å². The minimum atomic E-state index is -1.19. The van der Waals surface area contributed by atoms with Gasteiger partial charge in [-0.3, -0.25) is 9.59 Å². The van der Waals surface area contributed by atoms with E-state index in [1.165, 1.54) is 18.3 Å². The Kier molecular flexibility index (Phi) is 5.26. The van der Waals surface area contributed by atoms with Gasteiger partial charge >= 0.3 is 5.97 Å². The molecule has 0 atom stereocenters. The Bertz CT molecular complexity index is 850. The van der Waals surface area contributed by atoms with Crippen molar-refractivity contribution in [2.75, 3.05) is 11.9 Å². The number of rotatable bonds is 5. The van der Waals surface area contributed by atoms with E-state index in [2.05, 4.69) is 10.3 Å². The summed E-state index contributed by atoms with van der Waals surface area (Å²) < 4.78 is 0. The van der Waals surface area contributed by atoms with Crippen molar-refractivity contribution in [3.05, 3.63) is 59.4 Å². The fourth-order valence-electron chi connectivity index (χ4n) is 2.89. The van der Waals surface area contributed by atoms with Crippen molar-refractivity contribution >= 4 is 23.5 Å². The summed E-state index contributed by atoms with van der Waals surface area (Å²) in [5.74, 6) is -1.45. The van der Waals surface area contributed by atoms with Crippen LogP contribution in [0.1, 0.15) is 45.7 Å². The lowest BCUT2D eigenvalue weighted by Crippen LogP contribution is -2.34. The van der Waals surface area contributed by atoms with Crippen LogP contribution in [0, 0.1) is 0 Å². The summed E-state index contributed by atoms with van der Waals surface area (Å²) in [4.78, 5) is 40.8. The topological polar surface area (TPSA) is 99.6 Å². The highest BCUT2D eigenvalue weighted by Gasteiger charge is 2.18. The first kappa shape index (κ1) is 17.6. The third kappa shape index (κ3) is 4.24. The number of nitrogens with one attached hydrogen (secondary N) is 1. The third-order valence-electron chi connectivity index (χ3n) is 4.22. The van der Waals surface area contributed by atoms with E-state index in [-0.39, 0.29) is 17.2 Å². The Morgan fingerprint density at radius 2 is 2.04 bits per heavy atom. The SMILES string of the molecule is O=C(Nc1cccc(CN2CCCCC2=O)c1)c1ccnc(C(=O)O)c1. The van der Waals surface area contributed by atoms with Crippen molar-refractivity contribution in [2.45, 2.75) is 25.8 Å². The van der Waals surface area contributed by atoms with Crippen LogP contribution < -0.4 is 5.32 Å². The van der Waals surface area contributed by atoms with Crippen LogP contribution in [0.4, 0.5) is 5.69 Å². The number of likely N-dealkylation sites (tertiary alicyclic amines) is 1. The Morgan fingerprint density at radius 1 is 1.19 bits per heavy atom. The molecule has 0 spiro atoms. The van der Waals surface area contributed by atoms with E-state index in [0.717, 1.165) is 24.9 Å². The van der Waals surface area contributed by atoms with E-state index < -0.39 is 11.9 Å². The number of hydrogen-bond acceptors (Lipinski definition) is 4. The van der Waals surface area contributed by atoms with E-state index in [1.54, 1.807) is 6.07 Å². The van der Waals surface area contributed by atoms with Gasteiger partial charge in [-0.05, 0) is 42.7 Å². The predicted molar refractivity (Wildman–Crippen MR) is 94.9 cm³/mol. The first-order valence-corrected chi connectivity index (χ1v) is 8.40. The maximum Gasteiger partial charge on any atom is 0.354 e. The molecule has 7 nitrogen and oxygen atoms in total. The quantitative estimate of drug-likeness (QED) is 0.860. The number of anilines is 1. The zero-order valence-corrected chi connectivity index (χ0v) is 14.1. The van der Waals surface area contributed by atoms with Gasteiger partial charge in [-0.25, -0.2) is 9.78 Å². The molecule has 0 saturated carbocycles. The van der Waals surface area contributed by atoms with Gasteiger partial charge in [0.15, 0.2) is 0 Å². The van der Waals surface area contributed by atoms with Crippen LogP contribution in [0.15, 0.2) is 42.6 Å². The number of nitrogens with zero attached hydrogens (tertiary/aromatic N) is 2. The molecule has 2 N–H and O–H groups in total. The summed E-state index contributed by atoms with van der Waals surface area (Å²) in [7, 11) is 0. The minimum Gasteiger partial charge on any atom is -0.477 e. The highest BCUT2D eigenvalue weighted by molar-refractivity contribution is 6.05. The number of hydrogen-bond donors (Lipinski definition) is 2. The average Bonchev–Trinajstić information content (AvgIpc) is 2.64. The molecule has 2 aromatic rings. The summed E-state index contributed by atoms with van der Waals surface area (Å²) in [5, 5.41) is 11.7. The highest BCUT2D eigenvalue weighted by atomic mass is 16.4. The molecule has 1 aromatic carbocycles. The Hall–Kier alpha value is -3.22. The molecule has 7 heteroatoms. The first-order valence-electron chi connectivity index (χ1n) is 8.40. The average molecular weight is 353 g/mol. The molecule has 0 bridgehead atoms. The molecular formula is C19H19N3O4. The maximum atomic E-state index is 12.3. The molecule has 1 aliphatic rings. The fourth-order valence-corrected chi connectivity index (χ4v) is 2.89. The van der Waals surface area contributed by atoms with Crippen molar-refractivity contribution < 1.29 is 19.5 Å². The fraction of sp³-hybridized carbons (Fsp3) is 0.263. The number of pyridine rings is 1. The zero-order valence-electron chi connectivity index (χ0n) is 14.1. The summed E-state index contributed by atoms with van der Waals surface area (Å²) in [6.45, 7) is 1.27. The van der Waals surface area contributed by atoms with Crippen LogP contribution in [0.25, 0.3) is 0 Å². The van der Waals surface area contributed by atoms with Gasteiger partial charge < -0.3 is 15.3 Å². The van der Waals surface area contributed by atoms with Crippen LogP contribution in [-0.2, 0) is 11.3 Å². The molecule has 2 heterocycles. The highest BCUT2D eigenvalue weighted by Crippen LogP contribution is 2.18. The second kappa shape index (κ2) is 7.77. The molecule has 1 aromatic heterocycles. The lowest BCUT2D eigenvalue weighted by molar-refractivity contribution is -0.133. The molecule has 26 heavy (non-hydrogen) atoms. The Labute approximate surface area is 150 Å². The normalized spacial score (nSPS) is 14.2. The van der Waals surface area contributed by atoms with Gasteiger partial charge in [-0.15, -0.1) is 0 Å². The second-order valence-corrected chi connectivity index (χ2v) is 6.16. The van der Waals surface area contributed by atoms with Crippen molar-refractivity contribution in [3.8, 4) is 0 Å². The van der Waals surface area contributed by atoms with Crippen LogP contribution in [0.2, 0.25) is 0 Å². The molecule has 3 rings (SSSR count). The van der Waals surface area contributed by atoms with Crippen molar-refractivity contribution in [1.29, 1.82) is 0 Å². The number of amides is 2. The minimum absolute atomic E-state index is 0.156. The summed E-state index contributed by atoms with van der Waals surface area (Å²) in [6, 6.07) is 9.98. The van der Waals surface area contributed by atoms with Crippen LogP contribution in [0.3, 0.4) is 0 Å². The van der Waals surface area contributed by atoms with E-state index in [9.17, 15) is 14.4 Å². The van der Waals surface area contributed by atoms with Crippen molar-refractivity contribution in [3.63, 3.8) is 0 Å². The number of aromatic nitrogens is 1. The lowest BCUT2D eigenvalue weighted by Gasteiger charge is -2.26. The number of aromatic carboxylic acids is 1. The van der Waals surface area contributed by atoms with Gasteiger partial charge in [0.2, 0.25) is 5.91 Å². The molecular weight excluding hydrogens is 334 g/mol.